The zero-order valence-electron chi connectivity index (χ0n) is 93.1. The van der Waals surface area contributed by atoms with Crippen LogP contribution in [0.15, 0.2) is 152 Å². The second-order valence-corrected chi connectivity index (χ2v) is 87.1. The Morgan fingerprint density at radius 2 is 0.638 bits per heavy atom. The van der Waals surface area contributed by atoms with E-state index >= 15 is 0 Å². The van der Waals surface area contributed by atoms with Crippen molar-refractivity contribution in [2.75, 3.05) is 26.9 Å². The molecule has 0 saturated carbocycles. The number of methoxy groups -OCH3 is 1. The van der Waals surface area contributed by atoms with Gasteiger partial charge in [0, 0.05) is 61.2 Å². The van der Waals surface area contributed by atoms with Crippen molar-refractivity contribution in [3.05, 3.63) is 158 Å². The summed E-state index contributed by atoms with van der Waals surface area (Å²) in [7, 11) is -12.5. The van der Waals surface area contributed by atoms with Crippen LogP contribution in [0.25, 0.3) is 0 Å². The van der Waals surface area contributed by atoms with Crippen molar-refractivity contribution in [1.82, 2.24) is 0 Å². The summed E-state index contributed by atoms with van der Waals surface area (Å²) in [6.45, 7) is 114. The fourth-order valence-corrected chi connectivity index (χ4v) is 45.8. The van der Waals surface area contributed by atoms with Crippen LogP contribution in [0.5, 0.6) is 5.75 Å². The summed E-state index contributed by atoms with van der Waals surface area (Å²) in [5.74, 6) is 5.16. The predicted octanol–water partition coefficient (Wildman–Crippen LogP) is 33.1. The van der Waals surface area contributed by atoms with Gasteiger partial charge in [0.15, 0.2) is 33.3 Å². The summed E-state index contributed by atoms with van der Waals surface area (Å²) in [6.07, 6.45) is 13.0. The highest BCUT2D eigenvalue weighted by Gasteiger charge is 2.53. The van der Waals surface area contributed by atoms with Crippen molar-refractivity contribution < 1.29 is 45.3 Å². The highest BCUT2D eigenvalue weighted by atomic mass is 31.2. The van der Waals surface area contributed by atoms with E-state index in [1.54, 1.807) is 7.11 Å². The zero-order chi connectivity index (χ0) is 100. The molecule has 0 aromatic heterocycles. The second kappa shape index (κ2) is 52.9. The molecule has 0 heterocycles. The van der Waals surface area contributed by atoms with Gasteiger partial charge < -0.3 is 45.3 Å². The molecule has 0 unspecified atom stereocenters. The maximum absolute atomic E-state index is 11.7. The minimum absolute atomic E-state index is 0.00753. The molecule has 0 amide bonds. The van der Waals surface area contributed by atoms with Crippen LogP contribution in [0, 0.1) is 53.3 Å². The van der Waals surface area contributed by atoms with Crippen LogP contribution in [0.2, 0.25) is 122 Å². The number of hydrogen-bond acceptors (Lipinski definition) is 10. The third-order valence-electron chi connectivity index (χ3n) is 31.5. The van der Waals surface area contributed by atoms with Crippen molar-refractivity contribution in [3.63, 3.8) is 0 Å². The Kier molecular flexibility index (Phi) is 50.1. The van der Waals surface area contributed by atoms with Crippen LogP contribution < -0.4 is 20.7 Å². The van der Waals surface area contributed by atoms with Crippen molar-refractivity contribution in [2.45, 2.75) is 436 Å². The topological polar surface area (TPSA) is 100 Å². The van der Waals surface area contributed by atoms with Gasteiger partial charge in [-0.25, -0.2) is 0 Å². The molecule has 0 bridgehead atoms. The van der Waals surface area contributed by atoms with Gasteiger partial charge in [0.1, 0.15) is 12.0 Å². The van der Waals surface area contributed by atoms with E-state index < -0.39 is 65.1 Å². The predicted molar refractivity (Wildman–Crippen MR) is 594 cm³/mol. The highest BCUT2D eigenvalue weighted by molar-refractivity contribution is 7.94. The fraction of sp³-hybridized carbons (Fsp3) is 0.714. The van der Waals surface area contributed by atoms with Crippen LogP contribution in [-0.2, 0) is 47.1 Å². The molecule has 14 atom stereocenters. The van der Waals surface area contributed by atoms with E-state index in [1.165, 1.54) is 15.9 Å². The number of carbonyl (C=O) groups excluding carboxylic acids is 1. The first-order valence-corrected chi connectivity index (χ1v) is 70.7. The Balaban J connectivity index is 0.000000703. The Morgan fingerprint density at radius 3 is 0.915 bits per heavy atom. The molecule has 0 saturated heterocycles. The van der Waals surface area contributed by atoms with Crippen LogP contribution in [-0.4, -0.2) is 128 Å². The SMILES string of the molecule is C=C/C=C\[C@H](C)[C@H](OCc1ccc(OC)cc1)[C@@H](C)[C@H](O[Si](C)(C)C(C)(C)C)[C@@H](C)C/C=C\[C@H](C)[C@@H](O[Si](C(C)C)(C(C)C)C(C)C)[C@@H](C)CO[Si](C)(C)C(C)(C)C.CC(C)[Si](O[C@H]([C@@H](C)C=O)[C@@H](C)CO[Si](C)(C)C(C)(C)C)(C(C)C)C(C)C.CC(C)[Si](O[C@H]([C@@H](C)C=P(c1ccccc1)(c1ccccc1)c1ccccc1)[C@@H](C)CO[Si](C)(C)C(C)(C)C)(C(C)C)C(C)C. The van der Waals surface area contributed by atoms with Gasteiger partial charge in [-0.2, -0.15) is 0 Å². The van der Waals surface area contributed by atoms with Gasteiger partial charge in [0.25, 0.3) is 0 Å². The maximum atomic E-state index is 11.7. The molecule has 746 valence electrons. The van der Waals surface area contributed by atoms with Crippen LogP contribution >= 0.6 is 6.89 Å². The summed E-state index contributed by atoms with van der Waals surface area (Å²) in [4.78, 5) is 11.7. The monoisotopic (exact) mass is 1940 g/mol. The summed E-state index contributed by atoms with van der Waals surface area (Å²) in [6, 6.07) is 41.8. The largest absolute Gasteiger partial charge is 0.497 e. The molecule has 0 fully saturated rings. The second-order valence-electron chi connectivity index (χ2n) is 48.4. The lowest BCUT2D eigenvalue weighted by atomic mass is 9.82. The summed E-state index contributed by atoms with van der Waals surface area (Å²) in [5, 5.41) is 4.76. The minimum Gasteiger partial charge on any atom is -0.497 e. The number of rotatable bonds is 50. The first-order valence-electron chi connectivity index (χ1n) is 50.7. The number of hydrogen-bond donors (Lipinski definition) is 0. The number of ether oxygens (including phenoxy) is 2. The minimum atomic E-state index is -2.19. The average molecular weight is 1940 g/mol. The molecule has 10 nitrogen and oxygen atoms in total. The Hall–Kier alpha value is -2.93. The zero-order valence-corrected chi connectivity index (χ0v) is 101. The van der Waals surface area contributed by atoms with Crippen LogP contribution in [0.3, 0.4) is 0 Å². The smallest absolute Gasteiger partial charge is 0.200 e. The molecular weight excluding hydrogens is 1730 g/mol. The number of aldehydes is 1. The van der Waals surface area contributed by atoms with E-state index in [2.05, 4.69) is 449 Å². The molecule has 4 rings (SSSR count). The Morgan fingerprint density at radius 1 is 0.346 bits per heavy atom. The standard InChI is InChI=1S/C50H94O5Si3.C40H63O2PSi2.C22H48O3Si2/c1-24-25-27-40(9)47(52-35-44-30-32-45(51-19)33-31-44)43(12)48(54-57(22,23)50(16,17)18)41(10)29-26-28-39(8)46(42(11)34-53-56(20,21)49(13,14)15)55-58(36(2)3,37(4)5)38(6)7;1-31(2)45(32(3)4,33(5)6)42-39(34(7)29-41-44(12,13)40(9,10)11)35(8)30-43(36-23-17-14-18-24-36,37-25-19-15-20-26-37)38-27-21-16-22-28-38;1-16(2)27(17(3)4,18(5)6)25-21(19(7)14-23)20(8)15-24-26(12,13)22(9,10)11/h24-28,30-33,36-43,46-48H,1,29,34-35H2,2-23H3;14-28,30-35,39H,29H2,1-13H3;14,16-21H,15H2,1-13H3/b27-25-,28-26-;;/t39-,40-,41-,42-,43+,46+,47-,48+;34-,35-,39-;19-,20-,21+/m000/s1. The quantitative estimate of drug-likeness (QED) is 0.0140. The van der Waals surface area contributed by atoms with Gasteiger partial charge in [-0.1, -0.05) is 416 Å². The van der Waals surface area contributed by atoms with E-state index in [-0.39, 0.29) is 104 Å². The van der Waals surface area contributed by atoms with Gasteiger partial charge in [0.2, 0.25) is 25.0 Å². The first-order chi connectivity index (χ1) is 59.5. The molecule has 4 aromatic carbocycles. The van der Waals surface area contributed by atoms with Crippen molar-refractivity contribution in [3.8, 4) is 5.75 Å². The highest BCUT2D eigenvalue weighted by Crippen LogP contribution is 2.52. The normalized spacial score (nSPS) is 17.1. The number of benzene rings is 4. The maximum Gasteiger partial charge on any atom is 0.200 e. The third kappa shape index (κ3) is 33.1. The van der Waals surface area contributed by atoms with Crippen LogP contribution in [0.1, 0.15) is 282 Å². The Bertz CT molecular complexity index is 3790. The molecular formula is C112H205O10PSi7. The van der Waals surface area contributed by atoms with E-state index in [9.17, 15) is 4.79 Å². The summed E-state index contributed by atoms with van der Waals surface area (Å²) < 4.78 is 62.6. The molecule has 4 aromatic rings. The molecule has 0 spiro atoms. The summed E-state index contributed by atoms with van der Waals surface area (Å²) in [5.41, 5.74) is 5.72. The van der Waals surface area contributed by atoms with Crippen LogP contribution in [0.4, 0.5) is 0 Å². The van der Waals surface area contributed by atoms with Gasteiger partial charge >= 0.3 is 0 Å². The van der Waals surface area contributed by atoms with Gasteiger partial charge in [-0.15, -0.1) is 0 Å². The molecule has 18 heteroatoms. The molecule has 0 aliphatic rings. The molecule has 0 aliphatic heterocycles. The van der Waals surface area contributed by atoms with Crippen molar-refractivity contribution >= 4 is 93.1 Å². The van der Waals surface area contributed by atoms with Crippen molar-refractivity contribution in [2.24, 2.45) is 53.3 Å². The van der Waals surface area contributed by atoms with Gasteiger partial charge in [-0.05, 0) is 181 Å². The number of allylic oxidation sites excluding steroid dienone is 3. The van der Waals surface area contributed by atoms with Gasteiger partial charge in [0.05, 0.1) is 44.2 Å². The van der Waals surface area contributed by atoms with E-state index in [1.807, 2.05) is 31.2 Å². The van der Waals surface area contributed by atoms with E-state index in [4.69, 9.17) is 40.5 Å². The Labute approximate surface area is 812 Å². The first kappa shape index (κ1) is 123. The average Bonchev–Trinajstić information content (AvgIpc) is 0.746. The molecule has 0 N–H and O–H groups in total. The lowest BCUT2D eigenvalue weighted by Crippen LogP contribution is -2.53. The lowest BCUT2D eigenvalue weighted by Gasteiger charge is -2.48. The van der Waals surface area contributed by atoms with E-state index in [0.29, 0.717) is 63.1 Å². The van der Waals surface area contributed by atoms with E-state index in [0.717, 1.165) is 37.2 Å². The fourth-order valence-electron chi connectivity index (χ4n) is 19.6. The van der Waals surface area contributed by atoms with Crippen molar-refractivity contribution in [1.29, 1.82) is 0 Å². The summed E-state index contributed by atoms with van der Waals surface area (Å²) >= 11 is 0. The molecule has 0 radical (unpaired) electrons. The molecule has 0 aliphatic carbocycles. The lowest BCUT2D eigenvalue weighted by molar-refractivity contribution is -0.114. The van der Waals surface area contributed by atoms with Gasteiger partial charge in [-0.3, -0.25) is 0 Å². The number of carbonyl (C=O) groups is 1. The molecule has 130 heavy (non-hydrogen) atoms. The third-order valence-corrected chi connectivity index (χ3v) is 72.1.